The molecule has 1 saturated carbocycles. The van der Waals surface area contributed by atoms with Gasteiger partial charge in [-0.05, 0) is 69.3 Å². The lowest BCUT2D eigenvalue weighted by Crippen LogP contribution is -2.57. The summed E-state index contributed by atoms with van der Waals surface area (Å²) < 4.78 is 5.51. The molecule has 0 N–H and O–H groups in total. The molecular weight excluding hydrogens is 282 g/mol. The summed E-state index contributed by atoms with van der Waals surface area (Å²) in [5.41, 5.74) is 4.73. The van der Waals surface area contributed by atoms with E-state index in [9.17, 15) is 0 Å². The zero-order valence-corrected chi connectivity index (χ0v) is 15.4. The number of hydrogen-bond donors (Lipinski definition) is 0. The van der Waals surface area contributed by atoms with Gasteiger partial charge in [-0.2, -0.15) is 0 Å². The summed E-state index contributed by atoms with van der Waals surface area (Å²) in [7, 11) is 4.08. The second-order valence-electron chi connectivity index (χ2n) is 7.96. The predicted molar refractivity (Wildman–Crippen MR) is 97.2 cm³/mol. The van der Waals surface area contributed by atoms with Crippen LogP contribution in [0.15, 0.2) is 29.8 Å². The Balaban J connectivity index is 1.99. The molecule has 0 spiro atoms. The number of rotatable bonds is 4. The lowest BCUT2D eigenvalue weighted by molar-refractivity contribution is 0.0530. The molecule has 2 heteroatoms. The maximum atomic E-state index is 5.51. The summed E-state index contributed by atoms with van der Waals surface area (Å²) in [6.07, 6.45) is 7.59. The van der Waals surface area contributed by atoms with Crippen LogP contribution in [0.25, 0.3) is 0 Å². The Hall–Kier alpha value is -1.28. The number of methoxy groups -OCH3 is 1. The average Bonchev–Trinajstić information content (AvgIpc) is 2.52. The van der Waals surface area contributed by atoms with Crippen LogP contribution in [-0.4, -0.2) is 31.6 Å². The van der Waals surface area contributed by atoms with Crippen LogP contribution >= 0.6 is 0 Å². The van der Waals surface area contributed by atoms with Crippen LogP contribution in [0.4, 0.5) is 0 Å². The number of hydrogen-bond acceptors (Lipinski definition) is 2. The van der Waals surface area contributed by atoms with Crippen LogP contribution in [0.5, 0.6) is 5.75 Å². The van der Waals surface area contributed by atoms with Crippen LogP contribution < -0.4 is 4.74 Å². The molecule has 1 aromatic carbocycles. The molecule has 1 aromatic rings. The molecule has 2 aliphatic carbocycles. The molecular formula is C21H31NO. The monoisotopic (exact) mass is 313 g/mol. The molecule has 2 aliphatic rings. The molecule has 0 saturated heterocycles. The number of nitrogens with zero attached hydrogens (tertiary/aromatic N) is 1. The number of likely N-dealkylation sites (N-methyl/N-ethyl adjacent to an activating group) is 1. The molecule has 0 heterocycles. The van der Waals surface area contributed by atoms with Gasteiger partial charge in [-0.3, -0.25) is 4.90 Å². The van der Waals surface area contributed by atoms with E-state index in [1.165, 1.54) is 36.8 Å². The third-order valence-electron chi connectivity index (χ3n) is 6.05. The van der Waals surface area contributed by atoms with Crippen LogP contribution in [0, 0.1) is 5.92 Å². The Bertz CT molecular complexity index is 602. The Kier molecular flexibility index (Phi) is 4.55. The van der Waals surface area contributed by atoms with Crippen LogP contribution in [0.3, 0.4) is 0 Å². The molecule has 3 atom stereocenters. The van der Waals surface area contributed by atoms with E-state index in [0.717, 1.165) is 18.2 Å². The first-order chi connectivity index (χ1) is 11.0. The van der Waals surface area contributed by atoms with E-state index in [1.807, 2.05) is 0 Å². The smallest absolute Gasteiger partial charge is 0.119 e. The highest BCUT2D eigenvalue weighted by Crippen LogP contribution is 2.51. The molecule has 1 fully saturated rings. The van der Waals surface area contributed by atoms with Gasteiger partial charge in [0.1, 0.15) is 5.75 Å². The van der Waals surface area contributed by atoms with Gasteiger partial charge in [-0.15, -0.1) is 0 Å². The predicted octanol–water partition coefficient (Wildman–Crippen LogP) is 4.58. The van der Waals surface area contributed by atoms with Crippen molar-refractivity contribution in [2.45, 2.75) is 57.9 Å². The first kappa shape index (κ1) is 16.6. The maximum absolute atomic E-state index is 5.51. The SMILES string of the molecule is COc1ccc2c(c1)[C@@]1(C)CCCC(C2)[C@H]1N(C)CC=C(C)C. The van der Waals surface area contributed by atoms with Gasteiger partial charge in [0, 0.05) is 18.0 Å². The number of allylic oxidation sites excluding steroid dienone is 1. The fourth-order valence-electron chi connectivity index (χ4n) is 5.03. The molecule has 0 aliphatic heterocycles. The standard InChI is InChI=1S/C21H31NO/c1-15(2)10-12-22(4)20-17-7-6-11-21(20,3)19-14-18(23-5)9-8-16(19)13-17/h8-10,14,17,20H,6-7,11-13H2,1-5H3/t17?,20-,21-/m1/s1. The highest BCUT2D eigenvalue weighted by atomic mass is 16.5. The van der Waals surface area contributed by atoms with Gasteiger partial charge < -0.3 is 4.74 Å². The van der Waals surface area contributed by atoms with Gasteiger partial charge in [-0.1, -0.05) is 31.1 Å². The number of fused-ring (bicyclic) bond motifs is 4. The van der Waals surface area contributed by atoms with Gasteiger partial charge in [0.2, 0.25) is 0 Å². The van der Waals surface area contributed by atoms with Gasteiger partial charge in [-0.25, -0.2) is 0 Å². The van der Waals surface area contributed by atoms with Crippen molar-refractivity contribution in [3.05, 3.63) is 41.0 Å². The van der Waals surface area contributed by atoms with Crippen molar-refractivity contribution < 1.29 is 4.74 Å². The van der Waals surface area contributed by atoms with Crippen molar-refractivity contribution in [1.82, 2.24) is 4.90 Å². The zero-order valence-electron chi connectivity index (χ0n) is 15.4. The van der Waals surface area contributed by atoms with E-state index in [0.29, 0.717) is 6.04 Å². The molecule has 0 aromatic heterocycles. The van der Waals surface area contributed by atoms with Crippen molar-refractivity contribution >= 4 is 0 Å². The largest absolute Gasteiger partial charge is 0.497 e. The molecule has 1 unspecified atom stereocenters. The second kappa shape index (κ2) is 6.32. The van der Waals surface area contributed by atoms with Crippen molar-refractivity contribution in [2.24, 2.45) is 5.92 Å². The Labute approximate surface area is 141 Å². The van der Waals surface area contributed by atoms with Crippen LogP contribution in [0.1, 0.15) is 51.2 Å². The van der Waals surface area contributed by atoms with Crippen molar-refractivity contribution in [3.8, 4) is 5.75 Å². The first-order valence-corrected chi connectivity index (χ1v) is 8.96. The Morgan fingerprint density at radius 3 is 2.87 bits per heavy atom. The summed E-state index contributed by atoms with van der Waals surface area (Å²) in [4.78, 5) is 2.60. The fraction of sp³-hybridized carbons (Fsp3) is 0.619. The van der Waals surface area contributed by atoms with Crippen molar-refractivity contribution in [3.63, 3.8) is 0 Å². The van der Waals surface area contributed by atoms with Gasteiger partial charge >= 0.3 is 0 Å². The Morgan fingerprint density at radius 1 is 1.39 bits per heavy atom. The van der Waals surface area contributed by atoms with Crippen molar-refractivity contribution in [2.75, 3.05) is 20.7 Å². The third kappa shape index (κ3) is 2.94. The number of benzene rings is 1. The molecule has 3 rings (SSSR count). The summed E-state index contributed by atoms with van der Waals surface area (Å²) >= 11 is 0. The van der Waals surface area contributed by atoms with Gasteiger partial charge in [0.25, 0.3) is 0 Å². The highest BCUT2D eigenvalue weighted by molar-refractivity contribution is 5.45. The summed E-state index contributed by atoms with van der Waals surface area (Å²) in [5, 5.41) is 0. The first-order valence-electron chi connectivity index (χ1n) is 8.96. The third-order valence-corrected chi connectivity index (χ3v) is 6.05. The Morgan fingerprint density at radius 2 is 2.17 bits per heavy atom. The van der Waals surface area contributed by atoms with E-state index in [-0.39, 0.29) is 5.41 Å². The van der Waals surface area contributed by atoms with E-state index >= 15 is 0 Å². The maximum Gasteiger partial charge on any atom is 0.119 e. The minimum atomic E-state index is 0.245. The molecule has 2 bridgehead atoms. The molecule has 0 amide bonds. The zero-order chi connectivity index (χ0) is 16.6. The minimum Gasteiger partial charge on any atom is -0.497 e. The average molecular weight is 313 g/mol. The lowest BCUT2D eigenvalue weighted by Gasteiger charge is -2.54. The molecule has 126 valence electrons. The number of ether oxygens (including phenoxy) is 1. The minimum absolute atomic E-state index is 0.245. The van der Waals surface area contributed by atoms with E-state index in [1.54, 1.807) is 12.7 Å². The molecule has 0 radical (unpaired) electrons. The molecule has 2 nitrogen and oxygen atoms in total. The van der Waals surface area contributed by atoms with Gasteiger partial charge in [0.15, 0.2) is 0 Å². The quantitative estimate of drug-likeness (QED) is 0.755. The fourth-order valence-corrected chi connectivity index (χ4v) is 5.03. The van der Waals surface area contributed by atoms with Gasteiger partial charge in [0.05, 0.1) is 7.11 Å². The summed E-state index contributed by atoms with van der Waals surface area (Å²) in [5.74, 6) is 1.78. The topological polar surface area (TPSA) is 12.5 Å². The van der Waals surface area contributed by atoms with E-state index < -0.39 is 0 Å². The van der Waals surface area contributed by atoms with Crippen LogP contribution in [0.2, 0.25) is 0 Å². The van der Waals surface area contributed by atoms with Crippen LogP contribution in [-0.2, 0) is 11.8 Å². The highest BCUT2D eigenvalue weighted by Gasteiger charge is 2.49. The molecule has 23 heavy (non-hydrogen) atoms. The van der Waals surface area contributed by atoms with Crippen molar-refractivity contribution in [1.29, 1.82) is 0 Å². The second-order valence-corrected chi connectivity index (χ2v) is 7.96. The summed E-state index contributed by atoms with van der Waals surface area (Å²) in [6.45, 7) is 7.92. The van der Waals surface area contributed by atoms with E-state index in [2.05, 4.69) is 57.0 Å². The van der Waals surface area contributed by atoms with E-state index in [4.69, 9.17) is 4.74 Å². The summed E-state index contributed by atoms with van der Waals surface area (Å²) in [6, 6.07) is 7.37. The normalized spacial score (nSPS) is 29.1. The lowest BCUT2D eigenvalue weighted by atomic mass is 9.57.